The quantitative estimate of drug-likeness (QED) is 0.443. The van der Waals surface area contributed by atoms with Crippen molar-refractivity contribution in [2.75, 3.05) is 23.4 Å². The zero-order valence-electron chi connectivity index (χ0n) is 19.4. The van der Waals surface area contributed by atoms with Crippen LogP contribution in [0.1, 0.15) is 46.6 Å². The smallest absolute Gasteiger partial charge is 0.341 e. The molecule has 1 aromatic carbocycles. The second kappa shape index (κ2) is 10.9. The second-order valence-electron chi connectivity index (χ2n) is 7.93. The van der Waals surface area contributed by atoms with Crippen LogP contribution in [0.15, 0.2) is 23.2 Å². The molecule has 0 saturated carbocycles. The molecule has 0 radical (unpaired) electrons. The van der Waals surface area contributed by atoms with Crippen LogP contribution in [0.4, 0.5) is 5.00 Å². The minimum absolute atomic E-state index is 0.103. The highest BCUT2D eigenvalue weighted by Crippen LogP contribution is 2.39. The van der Waals surface area contributed by atoms with Gasteiger partial charge in [-0.3, -0.25) is 9.59 Å². The molecule has 0 aliphatic heterocycles. The number of thiophene rings is 1. The maximum Gasteiger partial charge on any atom is 0.341 e. The highest BCUT2D eigenvalue weighted by molar-refractivity contribution is 8.00. The fraction of sp³-hybridized carbons (Fsp3) is 0.417. The number of esters is 1. The van der Waals surface area contributed by atoms with Crippen molar-refractivity contribution in [3.63, 3.8) is 0 Å². The standard InChI is InChI=1S/C24H27N3O4S3/c1-4-27-16-10-9-14(3)11-18(16)34-24(27)26-20(29)13-32-12-19(28)25-22-21(23(30)31-5-2)15-7-6-8-17(15)33-22/h9-11H,4-8,12-13H2,1-3H3,(H,25,28). The molecule has 0 bridgehead atoms. The first-order chi connectivity index (χ1) is 16.4. The van der Waals surface area contributed by atoms with E-state index < -0.39 is 0 Å². The van der Waals surface area contributed by atoms with E-state index in [9.17, 15) is 14.4 Å². The van der Waals surface area contributed by atoms with Crippen molar-refractivity contribution >= 4 is 67.4 Å². The number of nitrogens with one attached hydrogen (secondary N) is 1. The number of ether oxygens (including phenoxy) is 1. The van der Waals surface area contributed by atoms with E-state index in [4.69, 9.17) is 4.74 Å². The van der Waals surface area contributed by atoms with E-state index in [0.717, 1.165) is 46.5 Å². The van der Waals surface area contributed by atoms with Crippen LogP contribution in [0.5, 0.6) is 0 Å². The SMILES string of the molecule is CCOC(=O)c1c(NC(=O)CSCC(=O)N=c2sc3cc(C)ccc3n2CC)sc2c1CCC2. The molecule has 0 saturated heterocycles. The molecule has 3 aromatic rings. The molecule has 2 heterocycles. The van der Waals surface area contributed by atoms with Crippen molar-refractivity contribution in [1.82, 2.24) is 4.57 Å². The van der Waals surface area contributed by atoms with E-state index in [2.05, 4.69) is 28.5 Å². The monoisotopic (exact) mass is 517 g/mol. The molecule has 10 heteroatoms. The normalized spacial score (nSPS) is 13.3. The lowest BCUT2D eigenvalue weighted by Gasteiger charge is -2.07. The van der Waals surface area contributed by atoms with Crippen LogP contribution in [0.25, 0.3) is 10.2 Å². The Labute approximate surface area is 210 Å². The summed E-state index contributed by atoms with van der Waals surface area (Å²) in [5.74, 6) is -0.696. The minimum atomic E-state index is -0.387. The molecule has 1 aliphatic rings. The van der Waals surface area contributed by atoms with Crippen LogP contribution >= 0.6 is 34.4 Å². The summed E-state index contributed by atoms with van der Waals surface area (Å²) in [6.45, 7) is 6.84. The van der Waals surface area contributed by atoms with Crippen molar-refractivity contribution < 1.29 is 19.1 Å². The number of carbonyl (C=O) groups excluding carboxylic acids is 3. The van der Waals surface area contributed by atoms with E-state index in [-0.39, 0.29) is 35.9 Å². The molecule has 0 atom stereocenters. The van der Waals surface area contributed by atoms with Crippen molar-refractivity contribution in [3.05, 3.63) is 44.6 Å². The number of amides is 2. The lowest BCUT2D eigenvalue weighted by atomic mass is 10.1. The average Bonchev–Trinajstić information content (AvgIpc) is 3.45. The Morgan fingerprint density at radius 3 is 2.76 bits per heavy atom. The molecule has 2 aromatic heterocycles. The number of thiazole rings is 1. The molecule has 0 fully saturated rings. The van der Waals surface area contributed by atoms with Gasteiger partial charge in [-0.2, -0.15) is 4.99 Å². The van der Waals surface area contributed by atoms with Gasteiger partial charge in [0.05, 0.1) is 33.9 Å². The third-order valence-corrected chi connectivity index (χ3v) is 8.65. The van der Waals surface area contributed by atoms with Crippen molar-refractivity contribution in [2.24, 2.45) is 4.99 Å². The van der Waals surface area contributed by atoms with Crippen LogP contribution in [-0.2, 0) is 33.7 Å². The summed E-state index contributed by atoms with van der Waals surface area (Å²) in [6, 6.07) is 6.20. The predicted octanol–water partition coefficient (Wildman–Crippen LogP) is 4.56. The second-order valence-corrected chi connectivity index (χ2v) is 11.0. The lowest BCUT2D eigenvalue weighted by Crippen LogP contribution is -2.19. The number of carbonyl (C=O) groups is 3. The lowest BCUT2D eigenvalue weighted by molar-refractivity contribution is -0.115. The van der Waals surface area contributed by atoms with Crippen LogP contribution in [0.2, 0.25) is 0 Å². The van der Waals surface area contributed by atoms with E-state index in [1.807, 2.05) is 18.4 Å². The van der Waals surface area contributed by atoms with E-state index in [0.29, 0.717) is 15.4 Å². The van der Waals surface area contributed by atoms with E-state index in [1.165, 1.54) is 40.0 Å². The van der Waals surface area contributed by atoms with Crippen molar-refractivity contribution in [1.29, 1.82) is 0 Å². The van der Waals surface area contributed by atoms with Gasteiger partial charge in [-0.25, -0.2) is 4.79 Å². The first kappa shape index (κ1) is 24.7. The third kappa shape index (κ3) is 5.29. The third-order valence-electron chi connectivity index (χ3n) is 5.49. The predicted molar refractivity (Wildman–Crippen MR) is 139 cm³/mol. The number of fused-ring (bicyclic) bond motifs is 2. The molecule has 1 N–H and O–H groups in total. The Morgan fingerprint density at radius 2 is 2.00 bits per heavy atom. The molecule has 2 amide bonds. The summed E-state index contributed by atoms with van der Waals surface area (Å²) in [5, 5.41) is 3.41. The van der Waals surface area contributed by atoms with Gasteiger partial charge in [0.2, 0.25) is 5.91 Å². The van der Waals surface area contributed by atoms with Gasteiger partial charge in [-0.05, 0) is 63.3 Å². The van der Waals surface area contributed by atoms with E-state index >= 15 is 0 Å². The number of aryl methyl sites for hydroxylation is 3. The molecule has 7 nitrogen and oxygen atoms in total. The van der Waals surface area contributed by atoms with Gasteiger partial charge in [0, 0.05) is 11.4 Å². The molecule has 34 heavy (non-hydrogen) atoms. The number of nitrogens with zero attached hydrogens (tertiary/aromatic N) is 2. The first-order valence-electron chi connectivity index (χ1n) is 11.3. The molecule has 1 aliphatic carbocycles. The van der Waals surface area contributed by atoms with E-state index in [1.54, 1.807) is 6.92 Å². The summed E-state index contributed by atoms with van der Waals surface area (Å²) in [6.07, 6.45) is 2.76. The topological polar surface area (TPSA) is 89.8 Å². The van der Waals surface area contributed by atoms with Crippen LogP contribution < -0.4 is 10.1 Å². The minimum Gasteiger partial charge on any atom is -0.462 e. The molecule has 180 valence electrons. The van der Waals surface area contributed by atoms with Gasteiger partial charge in [-0.15, -0.1) is 23.1 Å². The number of rotatable bonds is 8. The van der Waals surface area contributed by atoms with Gasteiger partial charge in [-0.1, -0.05) is 17.4 Å². The van der Waals surface area contributed by atoms with Crippen molar-refractivity contribution in [2.45, 2.75) is 46.6 Å². The number of hydrogen-bond acceptors (Lipinski definition) is 7. The van der Waals surface area contributed by atoms with Crippen LogP contribution in [0.3, 0.4) is 0 Å². The summed E-state index contributed by atoms with van der Waals surface area (Å²) in [5.41, 5.74) is 3.73. The maximum atomic E-state index is 12.5. The van der Waals surface area contributed by atoms with Crippen LogP contribution in [-0.4, -0.2) is 40.5 Å². The Hall–Kier alpha value is -2.43. The summed E-state index contributed by atoms with van der Waals surface area (Å²) < 4.78 is 8.33. The Balaban J connectivity index is 1.38. The molecule has 0 spiro atoms. The highest BCUT2D eigenvalue weighted by atomic mass is 32.2. The number of hydrogen-bond donors (Lipinski definition) is 1. The zero-order chi connectivity index (χ0) is 24.2. The summed E-state index contributed by atoms with van der Waals surface area (Å²) in [4.78, 5) is 43.6. The number of anilines is 1. The molecule has 4 rings (SSSR count). The fourth-order valence-electron chi connectivity index (χ4n) is 4.02. The summed E-state index contributed by atoms with van der Waals surface area (Å²) >= 11 is 4.16. The Bertz CT molecular complexity index is 1320. The maximum absolute atomic E-state index is 12.5. The molecule has 0 unspecified atom stereocenters. The number of aromatic nitrogens is 1. The average molecular weight is 518 g/mol. The molecular formula is C24H27N3O4S3. The number of thioether (sulfide) groups is 1. The van der Waals surface area contributed by atoms with Gasteiger partial charge < -0.3 is 14.6 Å². The first-order valence-corrected chi connectivity index (χ1v) is 14.1. The highest BCUT2D eigenvalue weighted by Gasteiger charge is 2.28. The largest absolute Gasteiger partial charge is 0.462 e. The van der Waals surface area contributed by atoms with Crippen molar-refractivity contribution in [3.8, 4) is 0 Å². The zero-order valence-corrected chi connectivity index (χ0v) is 21.9. The fourth-order valence-corrected chi connectivity index (χ4v) is 7.12. The van der Waals surface area contributed by atoms with Gasteiger partial charge >= 0.3 is 5.97 Å². The Kier molecular flexibility index (Phi) is 7.90. The summed E-state index contributed by atoms with van der Waals surface area (Å²) in [7, 11) is 0. The van der Waals surface area contributed by atoms with Gasteiger partial charge in [0.1, 0.15) is 5.00 Å². The number of benzene rings is 1. The van der Waals surface area contributed by atoms with Gasteiger partial charge in [0.25, 0.3) is 5.91 Å². The molecular weight excluding hydrogens is 490 g/mol. The van der Waals surface area contributed by atoms with Gasteiger partial charge in [0.15, 0.2) is 4.80 Å². The Morgan fingerprint density at radius 1 is 1.18 bits per heavy atom. The van der Waals surface area contributed by atoms with Crippen LogP contribution in [0, 0.1) is 6.92 Å².